The molecule has 1 aromatic carbocycles. The molecule has 2 N–H and O–H groups in total. The van der Waals surface area contributed by atoms with Crippen molar-refractivity contribution in [2.24, 2.45) is 0 Å². The van der Waals surface area contributed by atoms with Crippen LogP contribution in [-0.2, 0) is 6.54 Å². The van der Waals surface area contributed by atoms with Crippen LogP contribution in [0.2, 0.25) is 0 Å². The van der Waals surface area contributed by atoms with Crippen molar-refractivity contribution < 1.29 is 14.3 Å². The first-order valence-electron chi connectivity index (χ1n) is 5.38. The van der Waals surface area contributed by atoms with Crippen LogP contribution in [0.1, 0.15) is 21.7 Å². The standard InChI is InChI=1S/C13H12BrNO3/c1-8-2-3-9(13(16)17)6-11(8)15-7-10-4-5-12(14)18-10/h2-6,15H,7H2,1H3,(H,16,17). The van der Waals surface area contributed by atoms with Crippen molar-refractivity contribution >= 4 is 27.6 Å². The Bertz CT molecular complexity index is 577. The molecular formula is C13H12BrNO3. The fraction of sp³-hybridized carbons (Fsp3) is 0.154. The maximum atomic E-state index is 10.9. The van der Waals surface area contributed by atoms with Gasteiger partial charge in [-0.05, 0) is 52.7 Å². The number of carbonyl (C=O) groups is 1. The molecule has 0 atom stereocenters. The van der Waals surface area contributed by atoms with E-state index in [1.54, 1.807) is 18.2 Å². The number of furan rings is 1. The van der Waals surface area contributed by atoms with E-state index in [9.17, 15) is 4.79 Å². The van der Waals surface area contributed by atoms with Crippen LogP contribution in [0.15, 0.2) is 39.4 Å². The van der Waals surface area contributed by atoms with Gasteiger partial charge in [-0.1, -0.05) is 6.07 Å². The van der Waals surface area contributed by atoms with Crippen molar-refractivity contribution in [3.63, 3.8) is 0 Å². The molecule has 2 rings (SSSR count). The smallest absolute Gasteiger partial charge is 0.335 e. The third-order valence-electron chi connectivity index (χ3n) is 2.57. The van der Waals surface area contributed by atoms with Crippen LogP contribution in [0.4, 0.5) is 5.69 Å². The third kappa shape index (κ3) is 2.92. The SMILES string of the molecule is Cc1ccc(C(=O)O)cc1NCc1ccc(Br)o1. The molecule has 94 valence electrons. The van der Waals surface area contributed by atoms with Gasteiger partial charge in [0.1, 0.15) is 5.76 Å². The van der Waals surface area contributed by atoms with Crippen LogP contribution >= 0.6 is 15.9 Å². The molecule has 0 unspecified atom stereocenters. The molecule has 0 radical (unpaired) electrons. The van der Waals surface area contributed by atoms with E-state index < -0.39 is 5.97 Å². The molecule has 0 saturated carbocycles. The van der Waals surface area contributed by atoms with Crippen molar-refractivity contribution in [2.75, 3.05) is 5.32 Å². The summed E-state index contributed by atoms with van der Waals surface area (Å²) < 4.78 is 6.04. The van der Waals surface area contributed by atoms with E-state index in [0.717, 1.165) is 17.0 Å². The number of aromatic carboxylic acids is 1. The molecule has 0 amide bonds. The molecule has 0 bridgehead atoms. The Morgan fingerprint density at radius 2 is 2.17 bits per heavy atom. The predicted octanol–water partition coefficient (Wildman–Crippen LogP) is 3.66. The van der Waals surface area contributed by atoms with Crippen molar-refractivity contribution in [1.82, 2.24) is 0 Å². The Labute approximate surface area is 113 Å². The topological polar surface area (TPSA) is 62.5 Å². The number of rotatable bonds is 4. The van der Waals surface area contributed by atoms with E-state index >= 15 is 0 Å². The molecule has 0 aliphatic heterocycles. The minimum Gasteiger partial charge on any atom is -0.478 e. The van der Waals surface area contributed by atoms with Gasteiger partial charge in [0, 0.05) is 5.69 Å². The van der Waals surface area contributed by atoms with Gasteiger partial charge in [0.25, 0.3) is 0 Å². The van der Waals surface area contributed by atoms with Crippen LogP contribution in [0.25, 0.3) is 0 Å². The molecule has 5 heteroatoms. The average Bonchev–Trinajstić information content (AvgIpc) is 2.74. The summed E-state index contributed by atoms with van der Waals surface area (Å²) in [4.78, 5) is 10.9. The highest BCUT2D eigenvalue weighted by Gasteiger charge is 2.06. The second-order valence-corrected chi connectivity index (χ2v) is 4.68. The van der Waals surface area contributed by atoms with Crippen LogP contribution < -0.4 is 5.32 Å². The first-order valence-corrected chi connectivity index (χ1v) is 6.17. The van der Waals surface area contributed by atoms with Crippen molar-refractivity contribution in [3.8, 4) is 0 Å². The second-order valence-electron chi connectivity index (χ2n) is 3.89. The van der Waals surface area contributed by atoms with E-state index in [1.165, 1.54) is 0 Å². The zero-order chi connectivity index (χ0) is 13.1. The van der Waals surface area contributed by atoms with Gasteiger partial charge >= 0.3 is 5.97 Å². The van der Waals surface area contributed by atoms with Gasteiger partial charge in [-0.25, -0.2) is 4.79 Å². The zero-order valence-electron chi connectivity index (χ0n) is 9.74. The minimum absolute atomic E-state index is 0.267. The third-order valence-corrected chi connectivity index (χ3v) is 2.99. The summed E-state index contributed by atoms with van der Waals surface area (Å²) in [6, 6.07) is 8.66. The summed E-state index contributed by atoms with van der Waals surface area (Å²) in [7, 11) is 0. The first kappa shape index (κ1) is 12.7. The van der Waals surface area contributed by atoms with Crippen LogP contribution in [0, 0.1) is 6.92 Å². The van der Waals surface area contributed by atoms with Gasteiger partial charge in [-0.2, -0.15) is 0 Å². The van der Waals surface area contributed by atoms with E-state index in [-0.39, 0.29) is 5.56 Å². The normalized spacial score (nSPS) is 10.3. The Hall–Kier alpha value is -1.75. The lowest BCUT2D eigenvalue weighted by Gasteiger charge is -2.09. The summed E-state index contributed by atoms with van der Waals surface area (Å²) in [5, 5.41) is 12.1. The Morgan fingerprint density at radius 3 is 2.78 bits per heavy atom. The van der Waals surface area contributed by atoms with Gasteiger partial charge in [-0.15, -0.1) is 0 Å². The molecule has 0 aliphatic rings. The molecule has 0 aliphatic carbocycles. The summed E-state index contributed by atoms with van der Waals surface area (Å²) >= 11 is 3.23. The Balaban J connectivity index is 2.13. The number of aryl methyl sites for hydroxylation is 1. The number of nitrogens with one attached hydrogen (secondary N) is 1. The van der Waals surface area contributed by atoms with Crippen LogP contribution in [-0.4, -0.2) is 11.1 Å². The quantitative estimate of drug-likeness (QED) is 0.904. The number of hydrogen-bond donors (Lipinski definition) is 2. The van der Waals surface area contributed by atoms with E-state index in [1.807, 2.05) is 19.1 Å². The molecule has 4 nitrogen and oxygen atoms in total. The van der Waals surface area contributed by atoms with Gasteiger partial charge < -0.3 is 14.8 Å². The lowest BCUT2D eigenvalue weighted by Crippen LogP contribution is -2.03. The summed E-state index contributed by atoms with van der Waals surface area (Å²) in [5.74, 6) is -0.152. The lowest BCUT2D eigenvalue weighted by molar-refractivity contribution is 0.0697. The zero-order valence-corrected chi connectivity index (χ0v) is 11.3. The highest BCUT2D eigenvalue weighted by atomic mass is 79.9. The average molecular weight is 310 g/mol. The van der Waals surface area contributed by atoms with Crippen LogP contribution in [0.3, 0.4) is 0 Å². The molecule has 18 heavy (non-hydrogen) atoms. The van der Waals surface area contributed by atoms with Gasteiger partial charge in [0.2, 0.25) is 0 Å². The molecule has 1 aromatic heterocycles. The highest BCUT2D eigenvalue weighted by molar-refractivity contribution is 9.10. The molecule has 1 heterocycles. The van der Waals surface area contributed by atoms with E-state index in [0.29, 0.717) is 11.2 Å². The number of hydrogen-bond acceptors (Lipinski definition) is 3. The minimum atomic E-state index is -0.932. The molecule has 2 aromatic rings. The first-order chi connectivity index (χ1) is 8.56. The number of anilines is 1. The van der Waals surface area contributed by atoms with Crippen LogP contribution in [0.5, 0.6) is 0 Å². The Morgan fingerprint density at radius 1 is 1.39 bits per heavy atom. The molecule has 0 spiro atoms. The fourth-order valence-electron chi connectivity index (χ4n) is 1.57. The summed E-state index contributed by atoms with van der Waals surface area (Å²) in [5.41, 5.74) is 2.05. The van der Waals surface area contributed by atoms with Crippen molar-refractivity contribution in [2.45, 2.75) is 13.5 Å². The predicted molar refractivity (Wildman–Crippen MR) is 71.9 cm³/mol. The summed E-state index contributed by atoms with van der Waals surface area (Å²) in [6.45, 7) is 2.43. The largest absolute Gasteiger partial charge is 0.478 e. The molecular weight excluding hydrogens is 298 g/mol. The number of carboxylic acids is 1. The van der Waals surface area contributed by atoms with Crippen molar-refractivity contribution in [3.05, 3.63) is 51.9 Å². The molecule has 0 fully saturated rings. The van der Waals surface area contributed by atoms with Crippen molar-refractivity contribution in [1.29, 1.82) is 0 Å². The summed E-state index contributed by atoms with van der Waals surface area (Å²) in [6.07, 6.45) is 0. The number of benzene rings is 1. The lowest BCUT2D eigenvalue weighted by atomic mass is 10.1. The number of carboxylic acid groups (broad SMARTS) is 1. The number of halogens is 1. The second kappa shape index (κ2) is 5.27. The van der Waals surface area contributed by atoms with Gasteiger partial charge in [0.05, 0.1) is 12.1 Å². The van der Waals surface area contributed by atoms with Gasteiger partial charge in [0.15, 0.2) is 4.67 Å². The highest BCUT2D eigenvalue weighted by Crippen LogP contribution is 2.19. The maximum absolute atomic E-state index is 10.9. The Kier molecular flexibility index (Phi) is 3.72. The monoisotopic (exact) mass is 309 g/mol. The maximum Gasteiger partial charge on any atom is 0.335 e. The van der Waals surface area contributed by atoms with E-state index in [4.69, 9.17) is 9.52 Å². The van der Waals surface area contributed by atoms with E-state index in [2.05, 4.69) is 21.2 Å². The molecule has 0 saturated heterocycles. The van der Waals surface area contributed by atoms with Gasteiger partial charge in [-0.3, -0.25) is 0 Å². The fourth-order valence-corrected chi connectivity index (χ4v) is 1.91.